The monoisotopic (exact) mass is 470 g/mol. The van der Waals surface area contributed by atoms with Crippen molar-refractivity contribution in [2.75, 3.05) is 10.2 Å². The van der Waals surface area contributed by atoms with Crippen LogP contribution in [0.3, 0.4) is 0 Å². The lowest BCUT2D eigenvalue weighted by molar-refractivity contribution is -0.124. The van der Waals surface area contributed by atoms with E-state index in [0.29, 0.717) is 34.3 Å². The van der Waals surface area contributed by atoms with Crippen LogP contribution in [0.4, 0.5) is 11.4 Å². The number of imide groups is 1. The second-order valence-electron chi connectivity index (χ2n) is 10.2. The van der Waals surface area contributed by atoms with Crippen LogP contribution in [0.1, 0.15) is 41.0 Å². The Morgan fingerprint density at radius 1 is 0.857 bits per heavy atom. The van der Waals surface area contributed by atoms with Gasteiger partial charge in [0.05, 0.1) is 29.2 Å². The number of hydrogen-bond donors (Lipinski definition) is 1. The van der Waals surface area contributed by atoms with Gasteiger partial charge < -0.3 is 10.1 Å². The molecule has 0 aromatic heterocycles. The van der Waals surface area contributed by atoms with Crippen LogP contribution in [0.5, 0.6) is 0 Å². The van der Waals surface area contributed by atoms with Crippen molar-refractivity contribution in [2.24, 2.45) is 35.5 Å². The highest BCUT2D eigenvalue weighted by Gasteiger charge is 2.67. The summed E-state index contributed by atoms with van der Waals surface area (Å²) in [5.74, 6) is 0.0170. The molecule has 35 heavy (non-hydrogen) atoms. The zero-order valence-corrected chi connectivity index (χ0v) is 19.5. The normalized spacial score (nSPS) is 29.7. The fourth-order valence-corrected chi connectivity index (χ4v) is 6.15. The summed E-state index contributed by atoms with van der Waals surface area (Å²) in [6, 6.07) is 13.0. The molecule has 1 saturated heterocycles. The average Bonchev–Trinajstić information content (AvgIpc) is 3.62. The van der Waals surface area contributed by atoms with E-state index in [-0.39, 0.29) is 47.5 Å². The number of nitrogens with zero attached hydrogens (tertiary/aromatic N) is 1. The summed E-state index contributed by atoms with van der Waals surface area (Å²) in [7, 11) is 0. The average molecular weight is 471 g/mol. The summed E-state index contributed by atoms with van der Waals surface area (Å²) in [5.41, 5.74) is 1.85. The number of carbonyl (C=O) groups is 4. The first-order valence-electron chi connectivity index (χ1n) is 12.1. The van der Waals surface area contributed by atoms with E-state index in [1.54, 1.807) is 62.4 Å². The van der Waals surface area contributed by atoms with Gasteiger partial charge in [-0.2, -0.15) is 0 Å². The zero-order chi connectivity index (χ0) is 24.4. The Kier molecular flexibility index (Phi) is 4.91. The molecule has 3 fully saturated rings. The van der Waals surface area contributed by atoms with Gasteiger partial charge in [-0.25, -0.2) is 4.79 Å². The molecule has 2 bridgehead atoms. The molecule has 178 valence electrons. The lowest BCUT2D eigenvalue weighted by Crippen LogP contribution is -2.40. The molecular formula is C28H26N2O5. The first-order chi connectivity index (χ1) is 16.8. The van der Waals surface area contributed by atoms with Crippen molar-refractivity contribution >= 4 is 35.1 Å². The van der Waals surface area contributed by atoms with E-state index in [1.807, 2.05) is 0 Å². The predicted octanol–water partition coefficient (Wildman–Crippen LogP) is 4.06. The summed E-state index contributed by atoms with van der Waals surface area (Å²) in [4.78, 5) is 52.5. The quantitative estimate of drug-likeness (QED) is 0.404. The van der Waals surface area contributed by atoms with E-state index in [0.717, 1.165) is 6.42 Å². The Hall–Kier alpha value is -3.74. The molecule has 7 nitrogen and oxygen atoms in total. The summed E-state index contributed by atoms with van der Waals surface area (Å²) in [6.45, 7) is 3.56. The summed E-state index contributed by atoms with van der Waals surface area (Å²) in [6.07, 6.45) is 5.23. The van der Waals surface area contributed by atoms with Crippen molar-refractivity contribution in [1.82, 2.24) is 0 Å². The Morgan fingerprint density at radius 2 is 1.40 bits per heavy atom. The molecule has 2 saturated carbocycles. The van der Waals surface area contributed by atoms with Crippen LogP contribution in [0.15, 0.2) is 60.7 Å². The molecular weight excluding hydrogens is 444 g/mol. The summed E-state index contributed by atoms with van der Waals surface area (Å²) < 4.78 is 5.17. The van der Waals surface area contributed by atoms with E-state index in [2.05, 4.69) is 17.5 Å². The van der Waals surface area contributed by atoms with Crippen molar-refractivity contribution < 1.29 is 23.9 Å². The molecule has 2 aromatic rings. The van der Waals surface area contributed by atoms with Crippen molar-refractivity contribution in [3.8, 4) is 0 Å². The van der Waals surface area contributed by atoms with Crippen LogP contribution >= 0.6 is 0 Å². The van der Waals surface area contributed by atoms with E-state index in [4.69, 9.17) is 4.74 Å². The molecule has 7 heteroatoms. The molecule has 0 spiro atoms. The van der Waals surface area contributed by atoms with Gasteiger partial charge in [0.15, 0.2) is 0 Å². The minimum atomic E-state index is -0.417. The maximum atomic E-state index is 13.3. The Labute approximate surface area is 203 Å². The fourth-order valence-electron chi connectivity index (χ4n) is 6.15. The number of nitrogens with one attached hydrogen (secondary N) is 1. The maximum absolute atomic E-state index is 13.3. The van der Waals surface area contributed by atoms with Crippen LogP contribution in [0.2, 0.25) is 0 Å². The minimum Gasteiger partial charge on any atom is -0.459 e. The Morgan fingerprint density at radius 3 is 1.94 bits per heavy atom. The van der Waals surface area contributed by atoms with Gasteiger partial charge in [-0.3, -0.25) is 19.3 Å². The third-order valence-corrected chi connectivity index (χ3v) is 7.77. The number of rotatable bonds is 5. The third-order valence-electron chi connectivity index (χ3n) is 7.77. The maximum Gasteiger partial charge on any atom is 0.338 e. The van der Waals surface area contributed by atoms with Gasteiger partial charge in [-0.05, 0) is 92.5 Å². The Bertz CT molecular complexity index is 1230. The lowest BCUT2D eigenvalue weighted by atomic mass is 9.63. The molecule has 2 aromatic carbocycles. The van der Waals surface area contributed by atoms with Crippen LogP contribution < -0.4 is 10.2 Å². The SMILES string of the molecule is CC(C)OC(=O)c1ccc(NC(=O)c2ccc(N3C(=O)[C@@H]4[C@H]5C=C[C@@H]([C@@H]6C[C@H]56)[C@H]4C3=O)cc2)cc1. The molecule has 0 unspecified atom stereocenters. The van der Waals surface area contributed by atoms with Gasteiger partial charge in [0.1, 0.15) is 0 Å². The first-order valence-corrected chi connectivity index (χ1v) is 12.1. The molecule has 6 atom stereocenters. The van der Waals surface area contributed by atoms with Crippen molar-refractivity contribution in [2.45, 2.75) is 26.4 Å². The number of anilines is 2. The molecule has 4 aliphatic carbocycles. The second-order valence-corrected chi connectivity index (χ2v) is 10.2. The first kappa shape index (κ1) is 21.8. The summed E-state index contributed by atoms with van der Waals surface area (Å²) in [5, 5.41) is 2.80. The molecule has 0 radical (unpaired) electrons. The van der Waals surface area contributed by atoms with Crippen LogP contribution in [-0.2, 0) is 14.3 Å². The second kappa shape index (κ2) is 7.90. The van der Waals surface area contributed by atoms with Crippen molar-refractivity contribution in [3.05, 3.63) is 71.8 Å². The smallest absolute Gasteiger partial charge is 0.338 e. The molecule has 3 amide bonds. The number of hydrogen-bond acceptors (Lipinski definition) is 5. The minimum absolute atomic E-state index is 0.113. The van der Waals surface area contributed by atoms with E-state index < -0.39 is 5.97 Å². The fraction of sp³-hybridized carbons (Fsp3) is 0.357. The van der Waals surface area contributed by atoms with Crippen molar-refractivity contribution in [3.63, 3.8) is 0 Å². The lowest BCUT2D eigenvalue weighted by Gasteiger charge is -2.37. The van der Waals surface area contributed by atoms with E-state index in [9.17, 15) is 19.2 Å². The van der Waals surface area contributed by atoms with Gasteiger partial charge in [-0.15, -0.1) is 0 Å². The highest BCUT2D eigenvalue weighted by atomic mass is 16.5. The predicted molar refractivity (Wildman–Crippen MR) is 129 cm³/mol. The van der Waals surface area contributed by atoms with E-state index in [1.165, 1.54) is 4.90 Å². The number of benzene rings is 2. The van der Waals surface area contributed by atoms with Gasteiger partial charge in [0.25, 0.3) is 5.91 Å². The van der Waals surface area contributed by atoms with Gasteiger partial charge in [-0.1, -0.05) is 12.2 Å². The third kappa shape index (κ3) is 3.49. The number of carbonyl (C=O) groups excluding carboxylic acids is 4. The van der Waals surface area contributed by atoms with Gasteiger partial charge in [0, 0.05) is 11.3 Å². The standard InChI is InChI=1S/C28H26N2O5/c1-14(2)35-28(34)16-3-7-17(8-4-16)29-25(31)15-5-9-18(10-6-15)30-26(32)23-19-11-12-20(22-13-21(19)22)24(23)27(30)33/h3-12,14,19-24H,13H2,1-2H3,(H,29,31)/t19-,20-,21-,22+,23+,24+/m0/s1. The van der Waals surface area contributed by atoms with Crippen LogP contribution in [0, 0.1) is 35.5 Å². The zero-order valence-electron chi connectivity index (χ0n) is 19.5. The summed E-state index contributed by atoms with van der Waals surface area (Å²) >= 11 is 0. The van der Waals surface area contributed by atoms with Crippen molar-refractivity contribution in [1.29, 1.82) is 0 Å². The molecule has 5 aliphatic rings. The topological polar surface area (TPSA) is 92.8 Å². The number of allylic oxidation sites excluding steroid dienone is 2. The highest BCUT2D eigenvalue weighted by Crippen LogP contribution is 2.65. The number of ether oxygens (including phenoxy) is 1. The molecule has 1 aliphatic heterocycles. The Balaban J connectivity index is 1.14. The largest absolute Gasteiger partial charge is 0.459 e. The highest BCUT2D eigenvalue weighted by molar-refractivity contribution is 6.22. The molecule has 1 N–H and O–H groups in total. The molecule has 1 heterocycles. The number of amides is 3. The van der Waals surface area contributed by atoms with Crippen LogP contribution in [-0.4, -0.2) is 29.8 Å². The van der Waals surface area contributed by atoms with E-state index >= 15 is 0 Å². The van der Waals surface area contributed by atoms with Gasteiger partial charge >= 0.3 is 5.97 Å². The van der Waals surface area contributed by atoms with Crippen LogP contribution in [0.25, 0.3) is 0 Å². The number of esters is 1. The van der Waals surface area contributed by atoms with Gasteiger partial charge in [0.2, 0.25) is 11.8 Å². The molecule has 7 rings (SSSR count).